The summed E-state index contributed by atoms with van der Waals surface area (Å²) in [6, 6.07) is 6.10. The minimum Gasteiger partial charge on any atom is -0.282 e. The lowest BCUT2D eigenvalue weighted by Gasteiger charge is -2.19. The topological polar surface area (TPSA) is 95.6 Å². The molecule has 2 fully saturated rings. The van der Waals surface area contributed by atoms with Crippen LogP contribution in [-0.4, -0.2) is 40.8 Å². The fourth-order valence-corrected chi connectivity index (χ4v) is 4.35. The Bertz CT molecular complexity index is 764. The van der Waals surface area contributed by atoms with Crippen molar-refractivity contribution < 1.29 is 23.6 Å². The van der Waals surface area contributed by atoms with Gasteiger partial charge in [0.2, 0.25) is 23.6 Å². The number of hydrogen-bond acceptors (Lipinski definition) is 5. The van der Waals surface area contributed by atoms with Crippen molar-refractivity contribution in [2.45, 2.75) is 37.0 Å². The number of amides is 4. The van der Waals surface area contributed by atoms with Crippen molar-refractivity contribution >= 4 is 35.4 Å². The molecule has 2 aliphatic rings. The number of nitrogens with one attached hydrogen (secondary N) is 2. The van der Waals surface area contributed by atoms with Crippen LogP contribution in [0.3, 0.4) is 0 Å². The van der Waals surface area contributed by atoms with Crippen LogP contribution in [0.4, 0.5) is 4.39 Å². The van der Waals surface area contributed by atoms with E-state index >= 15 is 0 Å². The van der Waals surface area contributed by atoms with Crippen molar-refractivity contribution in [3.05, 3.63) is 30.1 Å². The first-order valence-electron chi connectivity index (χ1n) is 9.27. The molecule has 1 saturated heterocycles. The van der Waals surface area contributed by atoms with Crippen LogP contribution in [0, 0.1) is 17.7 Å². The number of hydrazine groups is 1. The fourth-order valence-electron chi connectivity index (χ4n) is 3.61. The Labute approximate surface area is 166 Å². The number of hydrogen-bond donors (Lipinski definition) is 2. The third kappa shape index (κ3) is 4.70. The van der Waals surface area contributed by atoms with Gasteiger partial charge in [0.15, 0.2) is 0 Å². The Morgan fingerprint density at radius 3 is 2.29 bits per heavy atom. The third-order valence-corrected chi connectivity index (χ3v) is 6.08. The molecule has 28 heavy (non-hydrogen) atoms. The average molecular weight is 407 g/mol. The molecular weight excluding hydrogens is 385 g/mol. The van der Waals surface area contributed by atoms with Crippen LogP contribution >= 0.6 is 11.8 Å². The van der Waals surface area contributed by atoms with Crippen LogP contribution in [-0.2, 0) is 19.2 Å². The molecule has 4 amide bonds. The highest BCUT2D eigenvalue weighted by atomic mass is 32.2. The molecular formula is C19H22FN3O4S. The summed E-state index contributed by atoms with van der Waals surface area (Å²) in [6.07, 6.45) is 3.27. The predicted octanol–water partition coefficient (Wildman–Crippen LogP) is 1.63. The zero-order valence-electron chi connectivity index (χ0n) is 15.3. The molecule has 0 spiro atoms. The van der Waals surface area contributed by atoms with E-state index in [4.69, 9.17) is 0 Å². The van der Waals surface area contributed by atoms with E-state index in [1.165, 1.54) is 11.0 Å². The number of benzene rings is 1. The summed E-state index contributed by atoms with van der Waals surface area (Å²) in [6.45, 7) is 0.0103. The summed E-state index contributed by atoms with van der Waals surface area (Å²) in [7, 11) is 0. The van der Waals surface area contributed by atoms with Gasteiger partial charge >= 0.3 is 0 Å². The monoisotopic (exact) mass is 407 g/mol. The highest BCUT2D eigenvalue weighted by Crippen LogP contribution is 2.37. The number of carbonyl (C=O) groups excluding carboxylic acids is 4. The Kier molecular flexibility index (Phi) is 6.66. The maximum atomic E-state index is 13.5. The molecule has 2 atom stereocenters. The van der Waals surface area contributed by atoms with Gasteiger partial charge < -0.3 is 0 Å². The standard InChI is InChI=1S/C19H22FN3O4S/c20-14-7-3-4-8-15(14)28-11-17(25)22-21-16(24)9-10-23-18(26)12-5-1-2-6-13(12)19(23)27/h3-4,7-8,12-13H,1-2,5-6,9-11H2,(H,21,24)(H,22,25)/t12-,13-/m1/s1. The van der Waals surface area contributed by atoms with E-state index in [0.717, 1.165) is 37.4 Å². The summed E-state index contributed by atoms with van der Waals surface area (Å²) in [5.41, 5.74) is 4.50. The van der Waals surface area contributed by atoms with E-state index in [9.17, 15) is 23.6 Å². The lowest BCUT2D eigenvalue weighted by atomic mass is 9.81. The number of nitrogens with zero attached hydrogens (tertiary/aromatic N) is 1. The molecule has 3 rings (SSSR count). The molecule has 0 bridgehead atoms. The van der Waals surface area contributed by atoms with E-state index in [-0.39, 0.29) is 42.4 Å². The number of fused-ring (bicyclic) bond motifs is 1. The van der Waals surface area contributed by atoms with Crippen LogP contribution in [0.1, 0.15) is 32.1 Å². The number of likely N-dealkylation sites (tertiary alicyclic amines) is 1. The van der Waals surface area contributed by atoms with Gasteiger partial charge in [-0.05, 0) is 25.0 Å². The molecule has 1 saturated carbocycles. The van der Waals surface area contributed by atoms with Crippen molar-refractivity contribution in [1.82, 2.24) is 15.8 Å². The Balaban J connectivity index is 1.38. The SMILES string of the molecule is O=C(CCN1C(=O)[C@@H]2CCCC[C@H]2C1=O)NNC(=O)CSc1ccccc1F. The second kappa shape index (κ2) is 9.18. The highest BCUT2D eigenvalue weighted by molar-refractivity contribution is 8.00. The summed E-state index contributed by atoms with van der Waals surface area (Å²) in [5.74, 6) is -2.31. The Hall–Kier alpha value is -2.42. The van der Waals surface area contributed by atoms with Crippen LogP contribution in [0.15, 0.2) is 29.2 Å². The predicted molar refractivity (Wildman–Crippen MR) is 100 cm³/mol. The van der Waals surface area contributed by atoms with E-state index in [1.54, 1.807) is 18.2 Å². The molecule has 1 aromatic carbocycles. The molecule has 1 aliphatic heterocycles. The molecule has 150 valence electrons. The lowest BCUT2D eigenvalue weighted by Crippen LogP contribution is -2.44. The molecule has 7 nitrogen and oxygen atoms in total. The molecule has 2 N–H and O–H groups in total. The average Bonchev–Trinajstić information content (AvgIpc) is 2.94. The minimum atomic E-state index is -0.500. The zero-order valence-corrected chi connectivity index (χ0v) is 16.1. The van der Waals surface area contributed by atoms with Gasteiger partial charge in [0.05, 0.1) is 17.6 Å². The quantitative estimate of drug-likeness (QED) is 0.425. The molecule has 1 aromatic rings. The van der Waals surface area contributed by atoms with E-state index < -0.39 is 17.6 Å². The van der Waals surface area contributed by atoms with Crippen molar-refractivity contribution in [1.29, 1.82) is 0 Å². The molecule has 9 heteroatoms. The summed E-state index contributed by atoms with van der Waals surface area (Å²) in [5, 5.41) is 0. The van der Waals surface area contributed by atoms with Crippen LogP contribution in [0.5, 0.6) is 0 Å². The van der Waals surface area contributed by atoms with Gasteiger partial charge in [0.25, 0.3) is 0 Å². The van der Waals surface area contributed by atoms with Gasteiger partial charge in [0.1, 0.15) is 5.82 Å². The van der Waals surface area contributed by atoms with E-state index in [2.05, 4.69) is 10.9 Å². The van der Waals surface area contributed by atoms with Gasteiger partial charge in [0, 0.05) is 17.9 Å². The first-order valence-corrected chi connectivity index (χ1v) is 10.3. The number of carbonyl (C=O) groups is 4. The minimum absolute atomic E-state index is 0.0103. The van der Waals surface area contributed by atoms with Gasteiger partial charge in [-0.1, -0.05) is 25.0 Å². The number of imide groups is 1. The van der Waals surface area contributed by atoms with E-state index in [0.29, 0.717) is 4.90 Å². The normalized spacial score (nSPS) is 21.4. The van der Waals surface area contributed by atoms with Crippen molar-refractivity contribution in [3.63, 3.8) is 0 Å². The molecule has 1 aliphatic carbocycles. The number of thioether (sulfide) groups is 1. The second-order valence-corrected chi connectivity index (χ2v) is 7.91. The zero-order chi connectivity index (χ0) is 20.1. The maximum Gasteiger partial charge on any atom is 0.248 e. The van der Waals surface area contributed by atoms with Gasteiger partial charge in [-0.3, -0.25) is 34.9 Å². The lowest BCUT2D eigenvalue weighted by molar-refractivity contribution is -0.140. The van der Waals surface area contributed by atoms with Gasteiger partial charge in [-0.15, -0.1) is 11.8 Å². The Morgan fingerprint density at radius 2 is 1.64 bits per heavy atom. The molecule has 0 radical (unpaired) electrons. The summed E-state index contributed by atoms with van der Waals surface area (Å²) >= 11 is 1.02. The second-order valence-electron chi connectivity index (χ2n) is 6.89. The molecule has 0 unspecified atom stereocenters. The van der Waals surface area contributed by atoms with Crippen molar-refractivity contribution in [2.24, 2.45) is 11.8 Å². The highest BCUT2D eigenvalue weighted by Gasteiger charge is 2.47. The van der Waals surface area contributed by atoms with E-state index in [1.807, 2.05) is 0 Å². The Morgan fingerprint density at radius 1 is 1.04 bits per heavy atom. The van der Waals surface area contributed by atoms with Crippen LogP contribution < -0.4 is 10.9 Å². The van der Waals surface area contributed by atoms with Crippen molar-refractivity contribution in [3.8, 4) is 0 Å². The van der Waals surface area contributed by atoms with Crippen molar-refractivity contribution in [2.75, 3.05) is 12.3 Å². The fraction of sp³-hybridized carbons (Fsp3) is 0.474. The summed E-state index contributed by atoms with van der Waals surface area (Å²) in [4.78, 5) is 49.9. The number of halogens is 1. The first kappa shape index (κ1) is 20.3. The smallest absolute Gasteiger partial charge is 0.248 e. The van der Waals surface area contributed by atoms with Gasteiger partial charge in [-0.2, -0.15) is 0 Å². The summed E-state index contributed by atoms with van der Waals surface area (Å²) < 4.78 is 13.5. The largest absolute Gasteiger partial charge is 0.282 e. The molecule has 0 aromatic heterocycles. The van der Waals surface area contributed by atoms with Crippen LogP contribution in [0.2, 0.25) is 0 Å². The van der Waals surface area contributed by atoms with Crippen LogP contribution in [0.25, 0.3) is 0 Å². The third-order valence-electron chi connectivity index (χ3n) is 5.03. The van der Waals surface area contributed by atoms with Gasteiger partial charge in [-0.25, -0.2) is 4.39 Å². The first-order chi connectivity index (χ1) is 13.5. The molecule has 1 heterocycles. The maximum absolute atomic E-state index is 13.5. The number of rotatable bonds is 6.